The molecule has 0 radical (unpaired) electrons. The molecule has 0 aliphatic rings. The highest BCUT2D eigenvalue weighted by Gasteiger charge is 2.14. The Morgan fingerprint density at radius 2 is 1.90 bits per heavy atom. The molecule has 0 bridgehead atoms. The molecule has 0 saturated carbocycles. The van der Waals surface area contributed by atoms with Gasteiger partial charge in [0.05, 0.1) is 27.9 Å². The summed E-state index contributed by atoms with van der Waals surface area (Å²) in [6.45, 7) is 2.57. The van der Waals surface area contributed by atoms with Crippen molar-refractivity contribution in [3.63, 3.8) is 0 Å². The van der Waals surface area contributed by atoms with Crippen LogP contribution in [0, 0.1) is 0 Å². The summed E-state index contributed by atoms with van der Waals surface area (Å²) in [7, 11) is 0. The molecule has 0 spiro atoms. The minimum absolute atomic E-state index is 0.286. The quantitative estimate of drug-likeness (QED) is 0.837. The van der Waals surface area contributed by atoms with Crippen LogP contribution in [0.15, 0.2) is 42.5 Å². The summed E-state index contributed by atoms with van der Waals surface area (Å²) in [6, 6.07) is 12.2. The van der Waals surface area contributed by atoms with Crippen LogP contribution in [0.3, 0.4) is 0 Å². The Hall–Kier alpha value is -1.71. The van der Waals surface area contributed by atoms with Gasteiger partial charge in [0.25, 0.3) is 5.91 Å². The second kappa shape index (κ2) is 7.34. The molecule has 0 atom stereocenters. The number of nitrogens with one attached hydrogen (secondary N) is 1. The summed E-state index contributed by atoms with van der Waals surface area (Å²) < 4.78 is 5.58. The Kier molecular flexibility index (Phi) is 5.48. The topological polar surface area (TPSA) is 38.3 Å². The van der Waals surface area contributed by atoms with E-state index in [2.05, 4.69) is 5.32 Å². The van der Waals surface area contributed by atoms with Crippen LogP contribution < -0.4 is 10.1 Å². The predicted molar refractivity (Wildman–Crippen MR) is 86.6 cm³/mol. The van der Waals surface area contributed by atoms with E-state index < -0.39 is 0 Å². The van der Waals surface area contributed by atoms with E-state index in [1.807, 2.05) is 13.0 Å². The van der Waals surface area contributed by atoms with Crippen molar-refractivity contribution in [2.24, 2.45) is 0 Å². The number of ether oxygens (including phenoxy) is 1. The summed E-state index contributed by atoms with van der Waals surface area (Å²) in [5, 5.41) is 3.46. The van der Waals surface area contributed by atoms with Gasteiger partial charge in [-0.25, -0.2) is 0 Å². The van der Waals surface area contributed by atoms with Gasteiger partial charge in [0.1, 0.15) is 5.75 Å². The summed E-state index contributed by atoms with van der Waals surface area (Å²) in [6.07, 6.45) is 0.871. The van der Waals surface area contributed by atoms with Crippen molar-refractivity contribution >= 4 is 34.8 Å². The SMILES string of the molecule is CCCOc1ccccc1C(=O)Nc1cccc(Cl)c1Cl. The number of hydrogen-bond donors (Lipinski definition) is 1. The number of amides is 1. The Bertz CT molecular complexity index is 644. The maximum absolute atomic E-state index is 12.4. The van der Waals surface area contributed by atoms with Gasteiger partial charge in [-0.05, 0) is 30.7 Å². The van der Waals surface area contributed by atoms with Gasteiger partial charge in [0, 0.05) is 0 Å². The Labute approximate surface area is 133 Å². The molecule has 2 aromatic rings. The van der Waals surface area contributed by atoms with E-state index in [0.29, 0.717) is 33.7 Å². The lowest BCUT2D eigenvalue weighted by Crippen LogP contribution is -2.14. The molecule has 110 valence electrons. The number of para-hydroxylation sites is 1. The van der Waals surface area contributed by atoms with Gasteiger partial charge in [-0.3, -0.25) is 4.79 Å². The molecule has 1 N–H and O–H groups in total. The largest absolute Gasteiger partial charge is 0.493 e. The van der Waals surface area contributed by atoms with Gasteiger partial charge < -0.3 is 10.1 Å². The van der Waals surface area contributed by atoms with E-state index in [4.69, 9.17) is 27.9 Å². The Balaban J connectivity index is 2.22. The molecule has 0 heterocycles. The number of rotatable bonds is 5. The smallest absolute Gasteiger partial charge is 0.259 e. The Morgan fingerprint density at radius 3 is 2.67 bits per heavy atom. The van der Waals surface area contributed by atoms with Gasteiger partial charge in [-0.1, -0.05) is 48.3 Å². The van der Waals surface area contributed by atoms with E-state index in [-0.39, 0.29) is 5.91 Å². The van der Waals surface area contributed by atoms with Crippen molar-refractivity contribution in [1.82, 2.24) is 0 Å². The fourth-order valence-corrected chi connectivity index (χ4v) is 2.13. The van der Waals surface area contributed by atoms with Crippen LogP contribution in [0.5, 0.6) is 5.75 Å². The van der Waals surface area contributed by atoms with E-state index in [1.54, 1.807) is 36.4 Å². The summed E-state index contributed by atoms with van der Waals surface area (Å²) in [5.74, 6) is 0.265. The minimum atomic E-state index is -0.286. The predicted octanol–water partition coefficient (Wildman–Crippen LogP) is 5.03. The average molecular weight is 324 g/mol. The molecule has 21 heavy (non-hydrogen) atoms. The lowest BCUT2D eigenvalue weighted by atomic mass is 10.2. The van der Waals surface area contributed by atoms with E-state index >= 15 is 0 Å². The van der Waals surface area contributed by atoms with Crippen molar-refractivity contribution in [1.29, 1.82) is 0 Å². The van der Waals surface area contributed by atoms with Crippen molar-refractivity contribution in [3.05, 3.63) is 58.1 Å². The maximum Gasteiger partial charge on any atom is 0.259 e. The maximum atomic E-state index is 12.4. The molecule has 0 fully saturated rings. The highest BCUT2D eigenvalue weighted by molar-refractivity contribution is 6.44. The van der Waals surface area contributed by atoms with E-state index in [0.717, 1.165) is 6.42 Å². The fraction of sp³-hybridized carbons (Fsp3) is 0.188. The van der Waals surface area contributed by atoms with Crippen LogP contribution in [-0.2, 0) is 0 Å². The third kappa shape index (κ3) is 3.90. The molecule has 0 saturated heterocycles. The van der Waals surface area contributed by atoms with Gasteiger partial charge >= 0.3 is 0 Å². The molecule has 0 aliphatic heterocycles. The van der Waals surface area contributed by atoms with Gasteiger partial charge in [0.15, 0.2) is 0 Å². The van der Waals surface area contributed by atoms with Crippen molar-refractivity contribution in [2.45, 2.75) is 13.3 Å². The van der Waals surface area contributed by atoms with E-state index in [9.17, 15) is 4.79 Å². The third-order valence-corrected chi connectivity index (χ3v) is 3.61. The first-order valence-electron chi connectivity index (χ1n) is 6.60. The average Bonchev–Trinajstić information content (AvgIpc) is 2.50. The molecule has 1 amide bonds. The summed E-state index contributed by atoms with van der Waals surface area (Å²) in [4.78, 5) is 12.4. The third-order valence-electron chi connectivity index (χ3n) is 2.79. The molecule has 3 nitrogen and oxygen atoms in total. The first-order valence-corrected chi connectivity index (χ1v) is 7.36. The number of anilines is 1. The zero-order valence-electron chi connectivity index (χ0n) is 11.5. The van der Waals surface area contributed by atoms with Crippen LogP contribution in [0.25, 0.3) is 0 Å². The van der Waals surface area contributed by atoms with Gasteiger partial charge in [-0.2, -0.15) is 0 Å². The molecule has 0 aromatic heterocycles. The Morgan fingerprint density at radius 1 is 1.14 bits per heavy atom. The monoisotopic (exact) mass is 323 g/mol. The molecule has 0 aliphatic carbocycles. The second-order valence-corrected chi connectivity index (χ2v) is 5.19. The highest BCUT2D eigenvalue weighted by atomic mass is 35.5. The number of hydrogen-bond acceptors (Lipinski definition) is 2. The first kappa shape index (κ1) is 15.7. The molecule has 2 aromatic carbocycles. The first-order chi connectivity index (χ1) is 10.1. The number of halogens is 2. The number of carbonyl (C=O) groups excluding carboxylic acids is 1. The lowest BCUT2D eigenvalue weighted by molar-refractivity contribution is 0.102. The lowest BCUT2D eigenvalue weighted by Gasteiger charge is -2.12. The zero-order chi connectivity index (χ0) is 15.2. The minimum Gasteiger partial charge on any atom is -0.493 e. The molecule has 2 rings (SSSR count). The second-order valence-electron chi connectivity index (χ2n) is 4.40. The molecule has 0 unspecified atom stereocenters. The van der Waals surface area contributed by atoms with E-state index in [1.165, 1.54) is 0 Å². The fourth-order valence-electron chi connectivity index (χ4n) is 1.78. The van der Waals surface area contributed by atoms with Crippen LogP contribution >= 0.6 is 23.2 Å². The molecular weight excluding hydrogens is 309 g/mol. The van der Waals surface area contributed by atoms with Crippen LogP contribution in [0.2, 0.25) is 10.0 Å². The van der Waals surface area contributed by atoms with Crippen molar-refractivity contribution in [2.75, 3.05) is 11.9 Å². The van der Waals surface area contributed by atoms with Crippen molar-refractivity contribution in [3.8, 4) is 5.75 Å². The summed E-state index contributed by atoms with van der Waals surface area (Å²) >= 11 is 12.0. The number of benzene rings is 2. The normalized spacial score (nSPS) is 10.2. The van der Waals surface area contributed by atoms with Crippen LogP contribution in [0.1, 0.15) is 23.7 Å². The summed E-state index contributed by atoms with van der Waals surface area (Å²) in [5.41, 5.74) is 0.932. The van der Waals surface area contributed by atoms with Crippen LogP contribution in [-0.4, -0.2) is 12.5 Å². The number of carbonyl (C=O) groups is 1. The molecule has 5 heteroatoms. The molecular formula is C16H15Cl2NO2. The highest BCUT2D eigenvalue weighted by Crippen LogP contribution is 2.30. The zero-order valence-corrected chi connectivity index (χ0v) is 13.0. The van der Waals surface area contributed by atoms with Gasteiger partial charge in [-0.15, -0.1) is 0 Å². The van der Waals surface area contributed by atoms with Crippen molar-refractivity contribution < 1.29 is 9.53 Å². The standard InChI is InChI=1S/C16H15Cl2NO2/c1-2-10-21-14-9-4-3-6-11(14)16(20)19-13-8-5-7-12(17)15(13)18/h3-9H,2,10H2,1H3,(H,19,20). The van der Waals surface area contributed by atoms with Gasteiger partial charge in [0.2, 0.25) is 0 Å². The van der Waals surface area contributed by atoms with Crippen LogP contribution in [0.4, 0.5) is 5.69 Å².